The van der Waals surface area contributed by atoms with E-state index >= 15 is 0 Å². The number of anilines is 1. The molecule has 0 saturated carbocycles. The van der Waals surface area contributed by atoms with Crippen LogP contribution in [0.5, 0.6) is 0 Å². The molecule has 0 aliphatic carbocycles. The van der Waals surface area contributed by atoms with E-state index in [9.17, 15) is 0 Å². The Hall–Kier alpha value is -1.75. The molecule has 0 aliphatic heterocycles. The van der Waals surface area contributed by atoms with Gasteiger partial charge in [-0.2, -0.15) is 5.26 Å². The first kappa shape index (κ1) is 11.3. The summed E-state index contributed by atoms with van der Waals surface area (Å²) in [6, 6.07) is 10.2. The summed E-state index contributed by atoms with van der Waals surface area (Å²) in [6.07, 6.45) is 3.45. The van der Waals surface area contributed by atoms with Crippen LogP contribution in [0.25, 0.3) is 0 Å². The lowest BCUT2D eigenvalue weighted by Gasteiger charge is -2.11. The van der Waals surface area contributed by atoms with E-state index in [0.29, 0.717) is 6.42 Å². The van der Waals surface area contributed by atoms with Crippen molar-refractivity contribution in [1.29, 1.82) is 5.26 Å². The SMILES string of the molecule is C=CCC(C#N)Nc1ccc(CC)cc1. The molecule has 0 saturated heterocycles. The Morgan fingerprint density at radius 2 is 2.13 bits per heavy atom. The second kappa shape index (κ2) is 5.87. The first-order valence-electron chi connectivity index (χ1n) is 5.16. The Morgan fingerprint density at radius 3 is 2.60 bits per heavy atom. The van der Waals surface area contributed by atoms with Crippen LogP contribution in [0, 0.1) is 11.3 Å². The Balaban J connectivity index is 2.63. The molecule has 1 aromatic carbocycles. The van der Waals surface area contributed by atoms with Crippen molar-refractivity contribution in [3.8, 4) is 6.07 Å². The van der Waals surface area contributed by atoms with Crippen molar-refractivity contribution >= 4 is 5.69 Å². The van der Waals surface area contributed by atoms with Gasteiger partial charge in [-0.05, 0) is 30.5 Å². The maximum Gasteiger partial charge on any atom is 0.117 e. The van der Waals surface area contributed by atoms with Gasteiger partial charge in [0.15, 0.2) is 0 Å². The van der Waals surface area contributed by atoms with Crippen LogP contribution < -0.4 is 5.32 Å². The fourth-order valence-electron chi connectivity index (χ4n) is 1.35. The smallest absolute Gasteiger partial charge is 0.117 e. The van der Waals surface area contributed by atoms with Gasteiger partial charge in [0.25, 0.3) is 0 Å². The topological polar surface area (TPSA) is 35.8 Å². The normalized spacial score (nSPS) is 11.5. The van der Waals surface area contributed by atoms with E-state index in [0.717, 1.165) is 12.1 Å². The van der Waals surface area contributed by atoms with Crippen LogP contribution in [0.2, 0.25) is 0 Å². The predicted molar refractivity (Wildman–Crippen MR) is 63.7 cm³/mol. The van der Waals surface area contributed by atoms with E-state index in [4.69, 9.17) is 5.26 Å². The molecule has 2 nitrogen and oxygen atoms in total. The van der Waals surface area contributed by atoms with Crippen molar-refractivity contribution in [1.82, 2.24) is 0 Å². The summed E-state index contributed by atoms with van der Waals surface area (Å²) in [5.74, 6) is 0. The first-order valence-corrected chi connectivity index (χ1v) is 5.16. The van der Waals surface area contributed by atoms with Gasteiger partial charge < -0.3 is 5.32 Å². The number of nitriles is 1. The highest BCUT2D eigenvalue weighted by Crippen LogP contribution is 2.12. The molecule has 1 aromatic rings. The van der Waals surface area contributed by atoms with Gasteiger partial charge >= 0.3 is 0 Å². The summed E-state index contributed by atoms with van der Waals surface area (Å²) in [7, 11) is 0. The Kier molecular flexibility index (Phi) is 4.43. The minimum atomic E-state index is -0.185. The van der Waals surface area contributed by atoms with E-state index in [1.54, 1.807) is 6.08 Å². The van der Waals surface area contributed by atoms with Crippen LogP contribution in [0.4, 0.5) is 5.69 Å². The van der Waals surface area contributed by atoms with Crippen molar-refractivity contribution in [2.24, 2.45) is 0 Å². The summed E-state index contributed by atoms with van der Waals surface area (Å²) in [5, 5.41) is 12.0. The number of hydrogen-bond acceptors (Lipinski definition) is 2. The average molecular weight is 200 g/mol. The maximum absolute atomic E-state index is 8.86. The number of rotatable bonds is 5. The van der Waals surface area contributed by atoms with Crippen LogP contribution in [-0.4, -0.2) is 6.04 Å². The maximum atomic E-state index is 8.86. The van der Waals surface area contributed by atoms with Crippen LogP contribution >= 0.6 is 0 Å². The average Bonchev–Trinajstić information content (AvgIpc) is 2.29. The van der Waals surface area contributed by atoms with Crippen molar-refractivity contribution < 1.29 is 0 Å². The van der Waals surface area contributed by atoms with Gasteiger partial charge in [0, 0.05) is 5.69 Å². The standard InChI is InChI=1S/C13H16N2/c1-3-5-13(10-14)15-12-8-6-11(4-2)7-9-12/h3,6-9,13,15H,1,4-5H2,2H3. The Labute approximate surface area is 91.2 Å². The van der Waals surface area contributed by atoms with Gasteiger partial charge in [0.1, 0.15) is 6.04 Å². The summed E-state index contributed by atoms with van der Waals surface area (Å²) in [5.41, 5.74) is 2.29. The molecule has 0 bridgehead atoms. The molecule has 0 fully saturated rings. The fraction of sp³-hybridized carbons (Fsp3) is 0.308. The molecule has 0 aromatic heterocycles. The minimum absolute atomic E-state index is 0.185. The molecule has 0 amide bonds. The lowest BCUT2D eigenvalue weighted by atomic mass is 10.1. The lowest BCUT2D eigenvalue weighted by molar-refractivity contribution is 0.907. The minimum Gasteiger partial charge on any atom is -0.370 e. The third-order valence-electron chi connectivity index (χ3n) is 2.26. The monoisotopic (exact) mass is 200 g/mol. The number of aryl methyl sites for hydroxylation is 1. The third-order valence-corrected chi connectivity index (χ3v) is 2.26. The molecule has 0 heterocycles. The number of hydrogen-bond donors (Lipinski definition) is 1. The predicted octanol–water partition coefficient (Wildman–Crippen LogP) is 3.13. The van der Waals surface area contributed by atoms with Crippen LogP contribution in [0.1, 0.15) is 18.9 Å². The second-order valence-corrected chi connectivity index (χ2v) is 3.40. The van der Waals surface area contributed by atoms with Crippen LogP contribution in [0.15, 0.2) is 36.9 Å². The summed E-state index contributed by atoms with van der Waals surface area (Å²) < 4.78 is 0. The third kappa shape index (κ3) is 3.47. The van der Waals surface area contributed by atoms with Gasteiger partial charge in [0.05, 0.1) is 6.07 Å². The Morgan fingerprint density at radius 1 is 1.47 bits per heavy atom. The lowest BCUT2D eigenvalue weighted by Crippen LogP contribution is -2.15. The fourth-order valence-corrected chi connectivity index (χ4v) is 1.35. The van der Waals surface area contributed by atoms with Gasteiger partial charge in [-0.3, -0.25) is 0 Å². The highest BCUT2D eigenvalue weighted by molar-refractivity contribution is 5.46. The number of benzene rings is 1. The zero-order chi connectivity index (χ0) is 11.1. The van der Waals surface area contributed by atoms with Crippen molar-refractivity contribution in [3.05, 3.63) is 42.5 Å². The molecule has 1 unspecified atom stereocenters. The number of nitrogens with one attached hydrogen (secondary N) is 1. The van der Waals surface area contributed by atoms with Gasteiger partial charge in [0.2, 0.25) is 0 Å². The highest BCUT2D eigenvalue weighted by Gasteiger charge is 2.03. The van der Waals surface area contributed by atoms with Gasteiger partial charge in [-0.1, -0.05) is 25.1 Å². The van der Waals surface area contributed by atoms with Gasteiger partial charge in [-0.15, -0.1) is 6.58 Å². The highest BCUT2D eigenvalue weighted by atomic mass is 14.9. The van der Waals surface area contributed by atoms with Crippen LogP contribution in [0.3, 0.4) is 0 Å². The summed E-state index contributed by atoms with van der Waals surface area (Å²) >= 11 is 0. The zero-order valence-corrected chi connectivity index (χ0v) is 9.03. The van der Waals surface area contributed by atoms with Crippen molar-refractivity contribution in [3.63, 3.8) is 0 Å². The van der Waals surface area contributed by atoms with Crippen molar-refractivity contribution in [2.75, 3.05) is 5.32 Å². The molecule has 2 heteroatoms. The van der Waals surface area contributed by atoms with E-state index in [1.165, 1.54) is 5.56 Å². The van der Waals surface area contributed by atoms with E-state index < -0.39 is 0 Å². The number of nitrogens with zero attached hydrogens (tertiary/aromatic N) is 1. The summed E-state index contributed by atoms with van der Waals surface area (Å²) in [4.78, 5) is 0. The molecule has 0 spiro atoms. The molecule has 1 rings (SSSR count). The first-order chi connectivity index (χ1) is 7.30. The van der Waals surface area contributed by atoms with Gasteiger partial charge in [-0.25, -0.2) is 0 Å². The molecule has 78 valence electrons. The molecule has 15 heavy (non-hydrogen) atoms. The van der Waals surface area contributed by atoms with E-state index in [2.05, 4.69) is 37.0 Å². The molecule has 0 radical (unpaired) electrons. The zero-order valence-electron chi connectivity index (χ0n) is 9.03. The van der Waals surface area contributed by atoms with E-state index in [1.807, 2.05) is 12.1 Å². The second-order valence-electron chi connectivity index (χ2n) is 3.40. The largest absolute Gasteiger partial charge is 0.370 e. The molecule has 1 atom stereocenters. The quantitative estimate of drug-likeness (QED) is 0.741. The molecule has 1 N–H and O–H groups in total. The molecule has 0 aliphatic rings. The summed E-state index contributed by atoms with van der Waals surface area (Å²) in [6.45, 7) is 5.75. The van der Waals surface area contributed by atoms with E-state index in [-0.39, 0.29) is 6.04 Å². The molecular weight excluding hydrogens is 184 g/mol. The Bertz CT molecular complexity index is 346. The van der Waals surface area contributed by atoms with Crippen molar-refractivity contribution in [2.45, 2.75) is 25.8 Å². The molecular formula is C13H16N2. The van der Waals surface area contributed by atoms with Crippen LogP contribution in [-0.2, 0) is 6.42 Å².